The summed E-state index contributed by atoms with van der Waals surface area (Å²) >= 11 is 13.3. The van der Waals surface area contributed by atoms with E-state index in [2.05, 4.69) is 17.1 Å². The molecule has 0 radical (unpaired) electrons. The summed E-state index contributed by atoms with van der Waals surface area (Å²) in [7, 11) is 0. The third-order valence-electron chi connectivity index (χ3n) is 4.84. The molecule has 1 atom stereocenters. The van der Waals surface area contributed by atoms with E-state index in [1.165, 1.54) is 22.4 Å². The van der Waals surface area contributed by atoms with E-state index in [0.29, 0.717) is 4.99 Å². The van der Waals surface area contributed by atoms with Crippen LogP contribution in [-0.2, 0) is 12.8 Å². The molecule has 1 aromatic heterocycles. The van der Waals surface area contributed by atoms with E-state index in [-0.39, 0.29) is 5.25 Å². The van der Waals surface area contributed by atoms with Gasteiger partial charge < -0.3 is 0 Å². The molecule has 0 saturated heterocycles. The molecule has 1 aromatic carbocycles. The molecular formula is C19H14ClN3S2. The zero-order chi connectivity index (χ0) is 17.1. The molecule has 25 heavy (non-hydrogen) atoms. The number of aliphatic imine (C=N–C) groups is 2. The first kappa shape index (κ1) is 15.7. The van der Waals surface area contributed by atoms with Crippen LogP contribution in [0.4, 0.5) is 0 Å². The first-order valence-electron chi connectivity index (χ1n) is 8.28. The summed E-state index contributed by atoms with van der Waals surface area (Å²) in [5.41, 5.74) is 7.19. The summed E-state index contributed by atoms with van der Waals surface area (Å²) in [6, 6.07) is 8.09. The third kappa shape index (κ3) is 2.40. The van der Waals surface area contributed by atoms with Gasteiger partial charge in [-0.25, -0.2) is 15.0 Å². The highest BCUT2D eigenvalue weighted by Gasteiger charge is 2.40. The van der Waals surface area contributed by atoms with Crippen molar-refractivity contribution < 1.29 is 0 Å². The van der Waals surface area contributed by atoms with Crippen LogP contribution in [0.2, 0.25) is 5.02 Å². The molecule has 0 fully saturated rings. The molecule has 0 amide bonds. The number of benzene rings is 1. The Morgan fingerprint density at radius 2 is 1.92 bits per heavy atom. The van der Waals surface area contributed by atoms with Crippen molar-refractivity contribution >= 4 is 52.1 Å². The standard InChI is InChI=1S/C19H14ClN3S2/c1-9-21-16-15-14(10-5-7-11(20)8-6-10)12-3-2-4-13(12)23-19(15)25-17(16)18(24)22-9/h5-8,17H,2-4H2,1H3. The number of thioether (sulfide) groups is 1. The maximum absolute atomic E-state index is 6.11. The van der Waals surface area contributed by atoms with Gasteiger partial charge in [-0.15, -0.1) is 0 Å². The van der Waals surface area contributed by atoms with Gasteiger partial charge in [0.2, 0.25) is 0 Å². The van der Waals surface area contributed by atoms with Crippen molar-refractivity contribution in [2.75, 3.05) is 0 Å². The number of fused-ring (bicyclic) bond motifs is 4. The number of nitrogens with zero attached hydrogens (tertiary/aromatic N) is 3. The number of aromatic nitrogens is 1. The van der Waals surface area contributed by atoms with Crippen LogP contribution in [0.3, 0.4) is 0 Å². The second-order valence-electron chi connectivity index (χ2n) is 6.44. The monoisotopic (exact) mass is 383 g/mol. The fraction of sp³-hybridized carbons (Fsp3) is 0.263. The van der Waals surface area contributed by atoms with E-state index in [0.717, 1.165) is 46.4 Å². The van der Waals surface area contributed by atoms with Crippen molar-refractivity contribution in [3.63, 3.8) is 0 Å². The lowest BCUT2D eigenvalue weighted by molar-refractivity contribution is 0.892. The van der Waals surface area contributed by atoms with E-state index >= 15 is 0 Å². The normalized spacial score (nSPS) is 20.7. The number of pyridine rings is 1. The van der Waals surface area contributed by atoms with Gasteiger partial charge in [0.15, 0.2) is 0 Å². The summed E-state index contributed by atoms with van der Waals surface area (Å²) in [6.45, 7) is 1.90. The van der Waals surface area contributed by atoms with E-state index in [4.69, 9.17) is 33.8 Å². The van der Waals surface area contributed by atoms with Crippen LogP contribution in [0.25, 0.3) is 11.1 Å². The van der Waals surface area contributed by atoms with Gasteiger partial charge in [0.1, 0.15) is 21.1 Å². The maximum atomic E-state index is 6.11. The molecule has 0 bridgehead atoms. The van der Waals surface area contributed by atoms with E-state index in [1.807, 2.05) is 19.1 Å². The van der Waals surface area contributed by atoms with Gasteiger partial charge in [-0.2, -0.15) is 0 Å². The molecular weight excluding hydrogens is 370 g/mol. The highest BCUT2D eigenvalue weighted by atomic mass is 35.5. The molecule has 3 aliphatic rings. The SMILES string of the molecule is CC1=NC(=S)C2Sc3nc4c(c(-c5ccc(Cl)cc5)c3C2=N1)CCC4. The first-order chi connectivity index (χ1) is 12.1. The molecule has 5 rings (SSSR count). The van der Waals surface area contributed by atoms with Gasteiger partial charge >= 0.3 is 0 Å². The van der Waals surface area contributed by atoms with Crippen LogP contribution in [0.15, 0.2) is 39.3 Å². The molecule has 0 saturated carbocycles. The molecule has 0 spiro atoms. The summed E-state index contributed by atoms with van der Waals surface area (Å²) in [4.78, 5) is 14.8. The highest BCUT2D eigenvalue weighted by Crippen LogP contribution is 2.46. The Morgan fingerprint density at radius 1 is 1.12 bits per heavy atom. The minimum atomic E-state index is 0.00905. The summed E-state index contributed by atoms with van der Waals surface area (Å²) in [5, 5.41) is 1.80. The van der Waals surface area contributed by atoms with E-state index in [9.17, 15) is 0 Å². The topological polar surface area (TPSA) is 37.6 Å². The largest absolute Gasteiger partial charge is 0.245 e. The number of hydrogen-bond donors (Lipinski definition) is 0. The van der Waals surface area contributed by atoms with Gasteiger partial charge in [-0.1, -0.05) is 47.7 Å². The molecule has 3 heterocycles. The number of aryl methyl sites for hydroxylation is 1. The smallest absolute Gasteiger partial charge is 0.126 e. The van der Waals surface area contributed by atoms with Gasteiger partial charge in [-0.05, 0) is 55.0 Å². The maximum Gasteiger partial charge on any atom is 0.126 e. The fourth-order valence-electron chi connectivity index (χ4n) is 3.81. The van der Waals surface area contributed by atoms with Crippen LogP contribution in [-0.4, -0.2) is 26.8 Å². The van der Waals surface area contributed by atoms with Gasteiger partial charge in [0.25, 0.3) is 0 Å². The zero-order valence-corrected chi connectivity index (χ0v) is 15.9. The summed E-state index contributed by atoms with van der Waals surface area (Å²) < 4.78 is 0. The molecule has 0 N–H and O–H groups in total. The van der Waals surface area contributed by atoms with Crippen molar-refractivity contribution in [1.82, 2.24) is 4.98 Å². The lowest BCUT2D eigenvalue weighted by atomic mass is 9.91. The van der Waals surface area contributed by atoms with Crippen LogP contribution in [0.5, 0.6) is 0 Å². The molecule has 124 valence electrons. The number of halogens is 1. The van der Waals surface area contributed by atoms with Crippen LogP contribution in [0.1, 0.15) is 30.2 Å². The quantitative estimate of drug-likeness (QED) is 0.656. The van der Waals surface area contributed by atoms with E-state index < -0.39 is 0 Å². The molecule has 2 aromatic rings. The summed E-state index contributed by atoms with van der Waals surface area (Å²) in [5.74, 6) is 0.729. The molecule has 3 nitrogen and oxygen atoms in total. The van der Waals surface area contributed by atoms with Gasteiger partial charge in [-0.3, -0.25) is 0 Å². The minimum absolute atomic E-state index is 0.00905. The van der Waals surface area contributed by atoms with E-state index in [1.54, 1.807) is 11.8 Å². The van der Waals surface area contributed by atoms with Crippen LogP contribution in [0, 0.1) is 0 Å². The second kappa shape index (κ2) is 5.73. The highest BCUT2D eigenvalue weighted by molar-refractivity contribution is 8.03. The Bertz CT molecular complexity index is 993. The van der Waals surface area contributed by atoms with Crippen molar-refractivity contribution in [2.45, 2.75) is 36.5 Å². The van der Waals surface area contributed by atoms with Gasteiger partial charge in [0.05, 0.1) is 5.71 Å². The second-order valence-corrected chi connectivity index (χ2v) is 8.39. The number of rotatable bonds is 1. The summed E-state index contributed by atoms with van der Waals surface area (Å²) in [6.07, 6.45) is 3.26. The molecule has 2 aliphatic heterocycles. The van der Waals surface area contributed by atoms with Crippen molar-refractivity contribution in [3.8, 4) is 11.1 Å². The molecule has 1 unspecified atom stereocenters. The Kier molecular flexibility index (Phi) is 3.59. The van der Waals surface area contributed by atoms with Crippen LogP contribution < -0.4 is 0 Å². The average molecular weight is 384 g/mol. The number of amidine groups is 1. The fourth-order valence-corrected chi connectivity index (χ4v) is 5.47. The Labute approximate surface area is 160 Å². The first-order valence-corrected chi connectivity index (χ1v) is 9.95. The average Bonchev–Trinajstić information content (AvgIpc) is 3.18. The zero-order valence-electron chi connectivity index (χ0n) is 13.5. The van der Waals surface area contributed by atoms with Crippen molar-refractivity contribution in [3.05, 3.63) is 46.1 Å². The Balaban J connectivity index is 1.81. The van der Waals surface area contributed by atoms with Gasteiger partial charge in [0, 0.05) is 16.3 Å². The lowest BCUT2D eigenvalue weighted by Gasteiger charge is -2.17. The van der Waals surface area contributed by atoms with Crippen LogP contribution >= 0.6 is 35.6 Å². The lowest BCUT2D eigenvalue weighted by Crippen LogP contribution is -2.26. The number of hydrogen-bond acceptors (Lipinski definition) is 4. The predicted octanol–water partition coefficient (Wildman–Crippen LogP) is 4.91. The Hall–Kier alpha value is -1.56. The minimum Gasteiger partial charge on any atom is -0.245 e. The van der Waals surface area contributed by atoms with Crippen molar-refractivity contribution in [2.24, 2.45) is 9.98 Å². The third-order valence-corrected chi connectivity index (χ3v) is 6.77. The van der Waals surface area contributed by atoms with Crippen molar-refractivity contribution in [1.29, 1.82) is 0 Å². The Morgan fingerprint density at radius 3 is 2.72 bits per heavy atom. The molecule has 6 heteroatoms. The molecule has 1 aliphatic carbocycles. The predicted molar refractivity (Wildman–Crippen MR) is 109 cm³/mol. The number of thiocarbonyl (C=S) groups is 1.